The van der Waals surface area contributed by atoms with Gasteiger partial charge in [-0.25, -0.2) is 0 Å². The van der Waals surface area contributed by atoms with Crippen LogP contribution in [0.25, 0.3) is 0 Å². The van der Waals surface area contributed by atoms with Crippen LogP contribution in [0.1, 0.15) is 18.9 Å². The first-order valence-electron chi connectivity index (χ1n) is 4.31. The molecule has 0 saturated carbocycles. The van der Waals surface area contributed by atoms with Crippen LogP contribution >= 0.6 is 22.6 Å². The smallest absolute Gasteiger partial charge is 0.155 e. The summed E-state index contributed by atoms with van der Waals surface area (Å²) < 4.78 is 6.36. The molecule has 0 aromatic heterocycles. The number of hydrogen-bond acceptors (Lipinski definition) is 3. The number of anilines is 1. The number of rotatable bonds is 3. The van der Waals surface area contributed by atoms with E-state index >= 15 is 0 Å². The molecule has 1 aromatic carbocycles. The molecule has 0 atom stereocenters. The first-order valence-corrected chi connectivity index (χ1v) is 5.38. The third kappa shape index (κ3) is 2.51. The molecule has 74 valence electrons. The molecule has 0 radical (unpaired) electrons. The minimum absolute atomic E-state index is 0.530. The predicted molar refractivity (Wildman–Crippen MR) is 64.1 cm³/mol. The van der Waals surface area contributed by atoms with E-state index < -0.39 is 0 Å². The molecule has 0 aliphatic heterocycles. The van der Waals surface area contributed by atoms with Crippen molar-refractivity contribution in [3.63, 3.8) is 0 Å². The Balaban J connectivity index is 3.01. The first kappa shape index (κ1) is 11.1. The largest absolute Gasteiger partial charge is 0.490 e. The number of nitrogens with zero attached hydrogens (tertiary/aromatic N) is 1. The molecule has 0 amide bonds. The van der Waals surface area contributed by atoms with Crippen molar-refractivity contribution in [1.82, 2.24) is 0 Å². The Bertz CT molecular complexity index is 348. The minimum atomic E-state index is 0.530. The highest BCUT2D eigenvalue weighted by Crippen LogP contribution is 2.29. The lowest BCUT2D eigenvalue weighted by Gasteiger charge is -2.10. The lowest BCUT2D eigenvalue weighted by atomic mass is 10.2. The van der Waals surface area contributed by atoms with E-state index in [1.807, 2.05) is 6.92 Å². The molecule has 0 aliphatic carbocycles. The van der Waals surface area contributed by atoms with Gasteiger partial charge in [-0.1, -0.05) is 6.92 Å². The summed E-state index contributed by atoms with van der Waals surface area (Å²) >= 11 is 2.12. The summed E-state index contributed by atoms with van der Waals surface area (Å²) in [5.41, 5.74) is 6.85. The fourth-order valence-corrected chi connectivity index (χ4v) is 1.84. The van der Waals surface area contributed by atoms with Crippen LogP contribution in [0.2, 0.25) is 0 Å². The van der Waals surface area contributed by atoms with E-state index in [1.165, 1.54) is 0 Å². The van der Waals surface area contributed by atoms with E-state index in [0.29, 0.717) is 23.6 Å². The number of nitrogen functional groups attached to an aromatic ring is 1. The molecule has 0 heterocycles. The molecule has 14 heavy (non-hydrogen) atoms. The fraction of sp³-hybridized carbons (Fsp3) is 0.300. The van der Waals surface area contributed by atoms with Gasteiger partial charge in [0, 0.05) is 0 Å². The summed E-state index contributed by atoms with van der Waals surface area (Å²) in [7, 11) is 0. The molecular weight excluding hydrogens is 291 g/mol. The SMILES string of the molecule is CCCOc1c(N)cc(C#N)cc1I. The van der Waals surface area contributed by atoms with Crippen molar-refractivity contribution in [2.45, 2.75) is 13.3 Å². The highest BCUT2D eigenvalue weighted by molar-refractivity contribution is 14.1. The molecule has 2 N–H and O–H groups in total. The predicted octanol–water partition coefficient (Wildman–Crippen LogP) is 2.53. The van der Waals surface area contributed by atoms with Crippen molar-refractivity contribution >= 4 is 28.3 Å². The zero-order chi connectivity index (χ0) is 10.6. The summed E-state index contributed by atoms with van der Waals surface area (Å²) in [5.74, 6) is 0.687. The van der Waals surface area contributed by atoms with Crippen LogP contribution in [0.5, 0.6) is 5.75 Å². The van der Waals surface area contributed by atoms with Crippen molar-refractivity contribution in [1.29, 1.82) is 5.26 Å². The second-order valence-corrected chi connectivity index (χ2v) is 4.00. The molecule has 0 saturated heterocycles. The zero-order valence-corrected chi connectivity index (χ0v) is 10.0. The number of nitrogens with two attached hydrogens (primary N) is 1. The number of ether oxygens (including phenoxy) is 1. The van der Waals surface area contributed by atoms with Gasteiger partial charge in [0.2, 0.25) is 0 Å². The first-order chi connectivity index (χ1) is 6.69. The van der Waals surface area contributed by atoms with Crippen LogP contribution in [0, 0.1) is 14.9 Å². The van der Waals surface area contributed by atoms with Gasteiger partial charge in [-0.15, -0.1) is 0 Å². The standard InChI is InChI=1S/C10H11IN2O/c1-2-3-14-10-8(11)4-7(6-12)5-9(10)13/h4-5H,2-3,13H2,1H3. The maximum absolute atomic E-state index is 8.70. The van der Waals surface area contributed by atoms with E-state index in [2.05, 4.69) is 28.7 Å². The molecule has 0 fully saturated rings. The summed E-state index contributed by atoms with van der Waals surface area (Å²) in [6.07, 6.45) is 0.940. The highest BCUT2D eigenvalue weighted by Gasteiger charge is 2.07. The zero-order valence-electron chi connectivity index (χ0n) is 7.88. The number of halogens is 1. The molecule has 4 heteroatoms. The van der Waals surface area contributed by atoms with Gasteiger partial charge < -0.3 is 10.5 Å². The fourth-order valence-electron chi connectivity index (χ4n) is 1.04. The van der Waals surface area contributed by atoms with Gasteiger partial charge in [-0.3, -0.25) is 0 Å². The topological polar surface area (TPSA) is 59.0 Å². The number of hydrogen-bond donors (Lipinski definition) is 1. The quantitative estimate of drug-likeness (QED) is 0.689. The summed E-state index contributed by atoms with van der Waals surface area (Å²) in [4.78, 5) is 0. The van der Waals surface area contributed by atoms with E-state index in [9.17, 15) is 0 Å². The number of nitriles is 1. The van der Waals surface area contributed by atoms with Crippen molar-refractivity contribution in [3.8, 4) is 11.8 Å². The van der Waals surface area contributed by atoms with Crippen molar-refractivity contribution < 1.29 is 4.74 Å². The third-order valence-corrected chi connectivity index (χ3v) is 2.45. The summed E-state index contributed by atoms with van der Waals surface area (Å²) in [5, 5.41) is 8.70. The van der Waals surface area contributed by atoms with Crippen LogP contribution < -0.4 is 10.5 Å². The molecular formula is C10H11IN2O. The van der Waals surface area contributed by atoms with Crippen LogP contribution in [-0.4, -0.2) is 6.61 Å². The lowest BCUT2D eigenvalue weighted by molar-refractivity contribution is 0.317. The monoisotopic (exact) mass is 302 g/mol. The van der Waals surface area contributed by atoms with Crippen LogP contribution in [-0.2, 0) is 0 Å². The van der Waals surface area contributed by atoms with Crippen molar-refractivity contribution in [2.24, 2.45) is 0 Å². The molecule has 3 nitrogen and oxygen atoms in total. The van der Waals surface area contributed by atoms with E-state index in [0.717, 1.165) is 9.99 Å². The maximum atomic E-state index is 8.70. The molecule has 1 aromatic rings. The summed E-state index contributed by atoms with van der Waals surface area (Å²) in [6, 6.07) is 5.45. The summed E-state index contributed by atoms with van der Waals surface area (Å²) in [6.45, 7) is 2.68. The molecule has 0 aliphatic rings. The molecule has 1 rings (SSSR count). The normalized spacial score (nSPS) is 9.50. The molecule has 0 spiro atoms. The molecule has 0 unspecified atom stereocenters. The highest BCUT2D eigenvalue weighted by atomic mass is 127. The van der Waals surface area contributed by atoms with E-state index in [1.54, 1.807) is 12.1 Å². The Labute approximate surface area is 97.0 Å². The van der Waals surface area contributed by atoms with Crippen molar-refractivity contribution in [3.05, 3.63) is 21.3 Å². The van der Waals surface area contributed by atoms with Gasteiger partial charge >= 0.3 is 0 Å². The second kappa shape index (κ2) is 5.05. The van der Waals surface area contributed by atoms with Crippen LogP contribution in [0.4, 0.5) is 5.69 Å². The van der Waals surface area contributed by atoms with E-state index in [4.69, 9.17) is 15.7 Å². The lowest BCUT2D eigenvalue weighted by Crippen LogP contribution is -2.01. The third-order valence-electron chi connectivity index (χ3n) is 1.65. The molecule has 0 bridgehead atoms. The average Bonchev–Trinajstić information content (AvgIpc) is 2.16. The van der Waals surface area contributed by atoms with Gasteiger partial charge in [-0.05, 0) is 41.1 Å². The Kier molecular flexibility index (Phi) is 4.01. The number of benzene rings is 1. The Morgan fingerprint density at radius 1 is 1.57 bits per heavy atom. The van der Waals surface area contributed by atoms with Gasteiger partial charge in [-0.2, -0.15) is 5.26 Å². The van der Waals surface area contributed by atoms with Crippen LogP contribution in [0.3, 0.4) is 0 Å². The Morgan fingerprint density at radius 2 is 2.29 bits per heavy atom. The average molecular weight is 302 g/mol. The van der Waals surface area contributed by atoms with Crippen molar-refractivity contribution in [2.75, 3.05) is 12.3 Å². The van der Waals surface area contributed by atoms with Gasteiger partial charge in [0.15, 0.2) is 5.75 Å². The minimum Gasteiger partial charge on any atom is -0.490 e. The van der Waals surface area contributed by atoms with Gasteiger partial charge in [0.05, 0.1) is 27.5 Å². The second-order valence-electron chi connectivity index (χ2n) is 2.84. The maximum Gasteiger partial charge on any atom is 0.155 e. The Hall–Kier alpha value is -0.960. The van der Waals surface area contributed by atoms with Gasteiger partial charge in [0.1, 0.15) is 0 Å². The van der Waals surface area contributed by atoms with Gasteiger partial charge in [0.25, 0.3) is 0 Å². The Morgan fingerprint density at radius 3 is 2.79 bits per heavy atom. The van der Waals surface area contributed by atoms with Crippen LogP contribution in [0.15, 0.2) is 12.1 Å². The van der Waals surface area contributed by atoms with E-state index in [-0.39, 0.29) is 0 Å².